The van der Waals surface area contributed by atoms with Crippen molar-refractivity contribution in [3.05, 3.63) is 24.3 Å². The van der Waals surface area contributed by atoms with Crippen LogP contribution in [0.15, 0.2) is 29.3 Å². The van der Waals surface area contributed by atoms with E-state index in [0.29, 0.717) is 0 Å². The van der Waals surface area contributed by atoms with Gasteiger partial charge in [0.15, 0.2) is 0 Å². The van der Waals surface area contributed by atoms with Crippen LogP contribution >= 0.6 is 12.2 Å². The molecule has 0 aromatic heterocycles. The first-order chi connectivity index (χ1) is 9.33. The number of methoxy groups -OCH3 is 1. The summed E-state index contributed by atoms with van der Waals surface area (Å²) in [6.07, 6.45) is 0. The third-order valence-electron chi connectivity index (χ3n) is 3.37. The third kappa shape index (κ3) is 4.11. The van der Waals surface area contributed by atoms with Gasteiger partial charge in [0, 0.05) is 45.5 Å². The van der Waals surface area contributed by atoms with E-state index in [4.69, 9.17) is 4.74 Å². The number of piperazine rings is 1. The Bertz CT molecular complexity index is 435. The molecule has 0 saturated carbocycles. The Hall–Kier alpha value is -1.26. The van der Waals surface area contributed by atoms with Crippen LogP contribution in [-0.4, -0.2) is 56.5 Å². The van der Waals surface area contributed by atoms with Crippen LogP contribution in [0.25, 0.3) is 0 Å². The van der Waals surface area contributed by atoms with Crippen molar-refractivity contribution in [3.8, 4) is 0 Å². The van der Waals surface area contributed by atoms with Gasteiger partial charge in [0.05, 0.1) is 17.5 Å². The number of anilines is 1. The number of aliphatic imine (C=N–C) groups is 1. The van der Waals surface area contributed by atoms with Crippen LogP contribution in [0.2, 0.25) is 0 Å². The predicted octanol–water partition coefficient (Wildman–Crippen LogP) is 2.19. The highest BCUT2D eigenvalue weighted by molar-refractivity contribution is 7.78. The van der Waals surface area contributed by atoms with E-state index in [1.54, 1.807) is 7.11 Å². The minimum absolute atomic E-state index is 0.810. The second kappa shape index (κ2) is 7.36. The molecule has 19 heavy (non-hydrogen) atoms. The van der Waals surface area contributed by atoms with E-state index in [9.17, 15) is 0 Å². The number of ether oxygens (including phenoxy) is 1. The van der Waals surface area contributed by atoms with E-state index >= 15 is 0 Å². The molecule has 0 N–H and O–H groups in total. The largest absolute Gasteiger partial charge is 0.383 e. The van der Waals surface area contributed by atoms with Gasteiger partial charge in [-0.25, -0.2) is 0 Å². The lowest BCUT2D eigenvalue weighted by molar-refractivity contribution is 0.144. The molecule has 1 saturated heterocycles. The minimum Gasteiger partial charge on any atom is -0.383 e. The maximum Gasteiger partial charge on any atom is 0.0741 e. The third-order valence-corrected chi connectivity index (χ3v) is 3.46. The van der Waals surface area contributed by atoms with Gasteiger partial charge in [0.2, 0.25) is 0 Å². The van der Waals surface area contributed by atoms with Crippen LogP contribution < -0.4 is 4.90 Å². The number of benzene rings is 1. The minimum atomic E-state index is 0.810. The van der Waals surface area contributed by atoms with Crippen molar-refractivity contribution in [2.45, 2.75) is 0 Å². The molecule has 1 heterocycles. The van der Waals surface area contributed by atoms with Gasteiger partial charge >= 0.3 is 0 Å². The molecular formula is C14H19N3OS. The van der Waals surface area contributed by atoms with Crippen LogP contribution in [0, 0.1) is 0 Å². The average Bonchev–Trinajstić information content (AvgIpc) is 2.47. The number of hydrogen-bond donors (Lipinski definition) is 0. The first kappa shape index (κ1) is 14.2. The summed E-state index contributed by atoms with van der Waals surface area (Å²) in [5, 5.41) is 2.38. The average molecular weight is 277 g/mol. The van der Waals surface area contributed by atoms with Crippen molar-refractivity contribution in [1.82, 2.24) is 4.90 Å². The first-order valence-corrected chi connectivity index (χ1v) is 6.88. The lowest BCUT2D eigenvalue weighted by Crippen LogP contribution is -2.47. The number of thiocarbonyl (C=S) groups is 1. The molecule has 1 aromatic carbocycles. The number of hydrogen-bond acceptors (Lipinski definition) is 5. The standard InChI is InChI=1S/C14H19N3OS/c1-18-11-10-16-6-8-17(9-7-16)14-4-2-13(3-5-14)15-12-19/h2-5H,6-11H2,1H3. The summed E-state index contributed by atoms with van der Waals surface area (Å²) in [6.45, 7) is 6.11. The second-order valence-electron chi connectivity index (χ2n) is 4.54. The van der Waals surface area contributed by atoms with E-state index in [0.717, 1.165) is 45.0 Å². The van der Waals surface area contributed by atoms with Gasteiger partial charge in [-0.3, -0.25) is 4.90 Å². The summed E-state index contributed by atoms with van der Waals surface area (Å²) in [5.41, 5.74) is 2.10. The molecule has 0 unspecified atom stereocenters. The Morgan fingerprint density at radius 1 is 1.21 bits per heavy atom. The van der Waals surface area contributed by atoms with Crippen LogP contribution in [0.4, 0.5) is 11.4 Å². The summed E-state index contributed by atoms with van der Waals surface area (Å²) in [5.74, 6) is 0. The monoisotopic (exact) mass is 277 g/mol. The van der Waals surface area contributed by atoms with Crippen molar-refractivity contribution < 1.29 is 4.74 Å². The maximum atomic E-state index is 5.11. The summed E-state index contributed by atoms with van der Waals surface area (Å²) in [6, 6.07) is 8.14. The van der Waals surface area contributed by atoms with Crippen molar-refractivity contribution in [2.75, 3.05) is 51.3 Å². The molecule has 2 rings (SSSR count). The van der Waals surface area contributed by atoms with Gasteiger partial charge < -0.3 is 9.64 Å². The van der Waals surface area contributed by atoms with Gasteiger partial charge in [-0.15, -0.1) is 0 Å². The summed E-state index contributed by atoms with van der Waals surface area (Å²) in [4.78, 5) is 8.80. The van der Waals surface area contributed by atoms with E-state index < -0.39 is 0 Å². The molecule has 4 nitrogen and oxygen atoms in total. The Morgan fingerprint density at radius 2 is 1.89 bits per heavy atom. The SMILES string of the molecule is COCCN1CCN(c2ccc(N=C=S)cc2)CC1. The molecule has 5 heteroatoms. The van der Waals surface area contributed by atoms with Gasteiger partial charge in [0.25, 0.3) is 0 Å². The number of rotatable bonds is 5. The zero-order valence-corrected chi connectivity index (χ0v) is 12.0. The Balaban J connectivity index is 1.88. The Kier molecular flexibility index (Phi) is 5.48. The first-order valence-electron chi connectivity index (χ1n) is 6.47. The molecule has 1 aliphatic heterocycles. The molecule has 0 aliphatic carbocycles. The lowest BCUT2D eigenvalue weighted by atomic mass is 10.2. The zero-order valence-electron chi connectivity index (χ0n) is 11.2. The quantitative estimate of drug-likeness (QED) is 0.609. The van der Waals surface area contributed by atoms with Crippen molar-refractivity contribution in [1.29, 1.82) is 0 Å². The fraction of sp³-hybridized carbons (Fsp3) is 0.500. The zero-order chi connectivity index (χ0) is 13.5. The molecule has 1 fully saturated rings. The fourth-order valence-corrected chi connectivity index (χ4v) is 2.35. The van der Waals surface area contributed by atoms with E-state index in [1.807, 2.05) is 12.1 Å². The normalized spacial score (nSPS) is 16.2. The fourth-order valence-electron chi connectivity index (χ4n) is 2.24. The lowest BCUT2D eigenvalue weighted by Gasteiger charge is -2.36. The van der Waals surface area contributed by atoms with Gasteiger partial charge in [-0.05, 0) is 36.5 Å². The molecule has 0 radical (unpaired) electrons. The highest BCUT2D eigenvalue weighted by atomic mass is 32.1. The molecule has 0 spiro atoms. The summed E-state index contributed by atoms with van der Waals surface area (Å²) in [7, 11) is 1.75. The van der Waals surface area contributed by atoms with E-state index in [2.05, 4.69) is 44.3 Å². The molecule has 102 valence electrons. The molecule has 0 bridgehead atoms. The highest BCUT2D eigenvalue weighted by Crippen LogP contribution is 2.20. The van der Waals surface area contributed by atoms with Crippen molar-refractivity contribution >= 4 is 28.8 Å². The Labute approximate surface area is 119 Å². The topological polar surface area (TPSA) is 28.1 Å². The van der Waals surface area contributed by atoms with Crippen LogP contribution in [0.3, 0.4) is 0 Å². The number of nitrogens with zero attached hydrogens (tertiary/aromatic N) is 3. The molecule has 0 atom stereocenters. The van der Waals surface area contributed by atoms with Crippen LogP contribution in [0.1, 0.15) is 0 Å². The number of isothiocyanates is 1. The summed E-state index contributed by atoms with van der Waals surface area (Å²) >= 11 is 4.60. The van der Waals surface area contributed by atoms with Crippen LogP contribution in [-0.2, 0) is 4.74 Å². The maximum absolute atomic E-state index is 5.11. The highest BCUT2D eigenvalue weighted by Gasteiger charge is 2.16. The van der Waals surface area contributed by atoms with Crippen molar-refractivity contribution in [3.63, 3.8) is 0 Å². The van der Waals surface area contributed by atoms with E-state index in [1.165, 1.54) is 5.69 Å². The summed E-state index contributed by atoms with van der Waals surface area (Å²) < 4.78 is 5.11. The van der Waals surface area contributed by atoms with Gasteiger partial charge in [-0.1, -0.05) is 0 Å². The van der Waals surface area contributed by atoms with E-state index in [-0.39, 0.29) is 0 Å². The van der Waals surface area contributed by atoms with Gasteiger partial charge in [0.1, 0.15) is 0 Å². The molecule has 0 amide bonds. The van der Waals surface area contributed by atoms with Gasteiger partial charge in [-0.2, -0.15) is 4.99 Å². The Morgan fingerprint density at radius 3 is 2.47 bits per heavy atom. The molecular weight excluding hydrogens is 258 g/mol. The van der Waals surface area contributed by atoms with Crippen molar-refractivity contribution in [2.24, 2.45) is 4.99 Å². The smallest absolute Gasteiger partial charge is 0.0741 e. The van der Waals surface area contributed by atoms with Crippen LogP contribution in [0.5, 0.6) is 0 Å². The molecule has 1 aliphatic rings. The molecule has 1 aromatic rings. The predicted molar refractivity (Wildman–Crippen MR) is 81.7 cm³/mol. The second-order valence-corrected chi connectivity index (χ2v) is 4.72.